The van der Waals surface area contributed by atoms with E-state index in [9.17, 15) is 4.79 Å². The largest absolute Gasteiger partial charge is 0.369 e. The molecular weight excluding hydrogens is 286 g/mol. The van der Waals surface area contributed by atoms with Crippen LogP contribution in [0.1, 0.15) is 69.1 Å². The number of ether oxygens (including phenoxy) is 1. The van der Waals surface area contributed by atoms with Crippen LogP contribution in [0.5, 0.6) is 0 Å². The standard InChI is InChI=1S/C20H29NO2/c1-2-12-21-20(22)14-19-17-11-7-6-10-16(17)13-18(23-19)15-8-4-3-5-9-15/h6-7,10-11,15,18-19H,2-5,8-9,12-14H2,1H3,(H,21,22). The lowest BCUT2D eigenvalue weighted by Crippen LogP contribution is -2.36. The molecular formula is C20H29NO2. The maximum absolute atomic E-state index is 12.2. The summed E-state index contributed by atoms with van der Waals surface area (Å²) in [5.74, 6) is 0.772. The number of fused-ring (bicyclic) bond motifs is 1. The Morgan fingerprint density at radius 2 is 2.00 bits per heavy atom. The van der Waals surface area contributed by atoms with Gasteiger partial charge in [-0.3, -0.25) is 4.79 Å². The first kappa shape index (κ1) is 16.5. The first-order chi connectivity index (χ1) is 11.3. The number of hydrogen-bond acceptors (Lipinski definition) is 2. The first-order valence-corrected chi connectivity index (χ1v) is 9.28. The van der Waals surface area contributed by atoms with Crippen molar-refractivity contribution in [3.05, 3.63) is 35.4 Å². The number of carbonyl (C=O) groups excluding carboxylic acids is 1. The Morgan fingerprint density at radius 3 is 2.78 bits per heavy atom. The summed E-state index contributed by atoms with van der Waals surface area (Å²) in [5, 5.41) is 2.99. The van der Waals surface area contributed by atoms with Crippen LogP contribution < -0.4 is 5.32 Å². The summed E-state index contributed by atoms with van der Waals surface area (Å²) in [7, 11) is 0. The second-order valence-electron chi connectivity index (χ2n) is 7.02. The van der Waals surface area contributed by atoms with Crippen LogP contribution in [0.15, 0.2) is 24.3 Å². The molecule has 0 radical (unpaired) electrons. The predicted molar refractivity (Wildman–Crippen MR) is 92.3 cm³/mol. The Hall–Kier alpha value is -1.35. The van der Waals surface area contributed by atoms with Crippen LogP contribution in [-0.4, -0.2) is 18.6 Å². The third kappa shape index (κ3) is 4.14. The van der Waals surface area contributed by atoms with E-state index in [1.165, 1.54) is 43.2 Å². The molecule has 1 N–H and O–H groups in total. The van der Waals surface area contributed by atoms with Gasteiger partial charge in [0.2, 0.25) is 5.91 Å². The number of amides is 1. The van der Waals surface area contributed by atoms with Crippen molar-refractivity contribution < 1.29 is 9.53 Å². The van der Waals surface area contributed by atoms with Gasteiger partial charge < -0.3 is 10.1 Å². The second-order valence-corrected chi connectivity index (χ2v) is 7.02. The quantitative estimate of drug-likeness (QED) is 0.886. The van der Waals surface area contributed by atoms with Gasteiger partial charge in [-0.25, -0.2) is 0 Å². The second kappa shape index (κ2) is 7.96. The van der Waals surface area contributed by atoms with Gasteiger partial charge in [-0.15, -0.1) is 0 Å². The van der Waals surface area contributed by atoms with Crippen molar-refractivity contribution in [3.63, 3.8) is 0 Å². The molecule has 1 heterocycles. The van der Waals surface area contributed by atoms with Crippen molar-refractivity contribution in [1.29, 1.82) is 0 Å². The molecule has 1 fully saturated rings. The summed E-state index contributed by atoms with van der Waals surface area (Å²) in [4.78, 5) is 12.2. The lowest BCUT2D eigenvalue weighted by molar-refractivity contribution is -0.128. The van der Waals surface area contributed by atoms with Gasteiger partial charge in [-0.05, 0) is 42.7 Å². The lowest BCUT2D eigenvalue weighted by Gasteiger charge is -2.38. The molecule has 1 aliphatic carbocycles. The fraction of sp³-hybridized carbons (Fsp3) is 0.650. The number of carbonyl (C=O) groups is 1. The molecule has 2 atom stereocenters. The zero-order valence-electron chi connectivity index (χ0n) is 14.2. The Labute approximate surface area is 139 Å². The molecule has 2 unspecified atom stereocenters. The Balaban J connectivity index is 1.72. The lowest BCUT2D eigenvalue weighted by atomic mass is 9.80. The molecule has 1 aromatic rings. The smallest absolute Gasteiger partial charge is 0.222 e. The third-order valence-corrected chi connectivity index (χ3v) is 5.28. The zero-order chi connectivity index (χ0) is 16.1. The van der Waals surface area contributed by atoms with Crippen LogP contribution in [-0.2, 0) is 16.0 Å². The summed E-state index contributed by atoms with van der Waals surface area (Å²) in [5.41, 5.74) is 2.59. The highest BCUT2D eigenvalue weighted by Crippen LogP contribution is 2.38. The molecule has 23 heavy (non-hydrogen) atoms. The van der Waals surface area contributed by atoms with Gasteiger partial charge in [0.25, 0.3) is 0 Å². The third-order valence-electron chi connectivity index (χ3n) is 5.28. The molecule has 0 bridgehead atoms. The Bertz CT molecular complexity index is 522. The molecule has 0 saturated heterocycles. The van der Waals surface area contributed by atoms with Gasteiger partial charge in [0.05, 0.1) is 18.6 Å². The number of nitrogens with one attached hydrogen (secondary N) is 1. The van der Waals surface area contributed by atoms with Crippen LogP contribution in [0.2, 0.25) is 0 Å². The normalized spacial score (nSPS) is 24.9. The molecule has 1 aromatic carbocycles. The molecule has 3 rings (SSSR count). The van der Waals surface area contributed by atoms with Gasteiger partial charge in [0.1, 0.15) is 0 Å². The predicted octanol–water partition coefficient (Wildman–Crippen LogP) is 4.17. The summed E-state index contributed by atoms with van der Waals surface area (Å²) in [6.45, 7) is 2.82. The molecule has 3 heteroatoms. The number of rotatable bonds is 5. The van der Waals surface area contributed by atoms with Gasteiger partial charge in [0.15, 0.2) is 0 Å². The Kier molecular flexibility index (Phi) is 5.71. The maximum Gasteiger partial charge on any atom is 0.222 e. The van der Waals surface area contributed by atoms with E-state index in [0.717, 1.165) is 19.4 Å². The summed E-state index contributed by atoms with van der Waals surface area (Å²) in [6.07, 6.45) is 9.21. The van der Waals surface area contributed by atoms with Crippen molar-refractivity contribution in [1.82, 2.24) is 5.32 Å². The van der Waals surface area contributed by atoms with Gasteiger partial charge in [-0.1, -0.05) is 50.5 Å². The molecule has 1 saturated carbocycles. The van der Waals surface area contributed by atoms with Crippen LogP contribution >= 0.6 is 0 Å². The molecule has 126 valence electrons. The minimum Gasteiger partial charge on any atom is -0.369 e. The van der Waals surface area contributed by atoms with E-state index < -0.39 is 0 Å². The molecule has 0 aromatic heterocycles. The van der Waals surface area contributed by atoms with Crippen molar-refractivity contribution in [3.8, 4) is 0 Å². The van der Waals surface area contributed by atoms with E-state index in [-0.39, 0.29) is 18.1 Å². The van der Waals surface area contributed by atoms with Gasteiger partial charge in [0, 0.05) is 6.54 Å². The van der Waals surface area contributed by atoms with E-state index in [4.69, 9.17) is 4.74 Å². The summed E-state index contributed by atoms with van der Waals surface area (Å²) < 4.78 is 6.44. The van der Waals surface area contributed by atoms with Crippen molar-refractivity contribution in [2.75, 3.05) is 6.54 Å². The van der Waals surface area contributed by atoms with Crippen LogP contribution in [0.3, 0.4) is 0 Å². The summed E-state index contributed by atoms with van der Waals surface area (Å²) >= 11 is 0. The molecule has 0 spiro atoms. The molecule has 2 aliphatic rings. The zero-order valence-corrected chi connectivity index (χ0v) is 14.2. The average Bonchev–Trinajstić information content (AvgIpc) is 2.60. The van der Waals surface area contributed by atoms with Gasteiger partial charge >= 0.3 is 0 Å². The number of hydrogen-bond donors (Lipinski definition) is 1. The van der Waals surface area contributed by atoms with E-state index in [1.54, 1.807) is 0 Å². The number of benzene rings is 1. The molecule has 1 amide bonds. The van der Waals surface area contributed by atoms with Crippen LogP contribution in [0.25, 0.3) is 0 Å². The van der Waals surface area contributed by atoms with Crippen molar-refractivity contribution in [2.24, 2.45) is 5.92 Å². The summed E-state index contributed by atoms with van der Waals surface area (Å²) in [6, 6.07) is 8.51. The fourth-order valence-corrected chi connectivity index (χ4v) is 4.03. The monoisotopic (exact) mass is 315 g/mol. The van der Waals surface area contributed by atoms with E-state index in [2.05, 4.69) is 36.5 Å². The topological polar surface area (TPSA) is 38.3 Å². The highest BCUT2D eigenvalue weighted by molar-refractivity contribution is 5.76. The SMILES string of the molecule is CCCNC(=O)CC1OC(C2CCCCC2)Cc2ccccc21. The fourth-order valence-electron chi connectivity index (χ4n) is 4.03. The van der Waals surface area contributed by atoms with Crippen LogP contribution in [0, 0.1) is 5.92 Å². The minimum absolute atomic E-state index is 0.0799. The average molecular weight is 315 g/mol. The van der Waals surface area contributed by atoms with Crippen molar-refractivity contribution in [2.45, 2.75) is 70.5 Å². The van der Waals surface area contributed by atoms with Gasteiger partial charge in [-0.2, -0.15) is 0 Å². The molecule has 1 aliphatic heterocycles. The molecule has 3 nitrogen and oxygen atoms in total. The highest BCUT2D eigenvalue weighted by Gasteiger charge is 2.33. The van der Waals surface area contributed by atoms with Crippen molar-refractivity contribution >= 4 is 5.91 Å². The Morgan fingerprint density at radius 1 is 1.22 bits per heavy atom. The maximum atomic E-state index is 12.2. The van der Waals surface area contributed by atoms with Crippen LogP contribution in [0.4, 0.5) is 0 Å². The highest BCUT2D eigenvalue weighted by atomic mass is 16.5. The van der Waals surface area contributed by atoms with E-state index in [1.807, 2.05) is 0 Å². The first-order valence-electron chi connectivity index (χ1n) is 9.28. The van der Waals surface area contributed by atoms with E-state index >= 15 is 0 Å². The van der Waals surface area contributed by atoms with E-state index in [0.29, 0.717) is 12.3 Å². The minimum atomic E-state index is -0.0799.